The van der Waals surface area contributed by atoms with Gasteiger partial charge in [0.15, 0.2) is 0 Å². The number of aliphatic hydroxyl groups excluding tert-OH is 1. The summed E-state index contributed by atoms with van der Waals surface area (Å²) in [7, 11) is 0. The van der Waals surface area contributed by atoms with Crippen molar-refractivity contribution in [1.82, 2.24) is 4.90 Å². The number of rotatable bonds is 4. The molecule has 17 heavy (non-hydrogen) atoms. The Morgan fingerprint density at radius 2 is 2.06 bits per heavy atom. The SMILES string of the molecule is CCOC(=O)/C=C/CN1C2CCC1CC(O)C2. The molecule has 2 rings (SSSR count). The van der Waals surface area contributed by atoms with Crippen molar-refractivity contribution in [2.24, 2.45) is 0 Å². The molecule has 96 valence electrons. The summed E-state index contributed by atoms with van der Waals surface area (Å²) in [6, 6.07) is 0.992. The lowest BCUT2D eigenvalue weighted by Crippen LogP contribution is -2.44. The lowest BCUT2D eigenvalue weighted by Gasteiger charge is -2.36. The minimum Gasteiger partial charge on any atom is -0.463 e. The number of aliphatic hydroxyl groups is 1. The number of carbonyl (C=O) groups is 1. The molecular weight excluding hydrogens is 218 g/mol. The molecule has 2 unspecified atom stereocenters. The van der Waals surface area contributed by atoms with E-state index in [-0.39, 0.29) is 12.1 Å². The van der Waals surface area contributed by atoms with Gasteiger partial charge in [0.25, 0.3) is 0 Å². The lowest BCUT2D eigenvalue weighted by molar-refractivity contribution is -0.137. The fraction of sp³-hybridized carbons (Fsp3) is 0.769. The van der Waals surface area contributed by atoms with Crippen molar-refractivity contribution in [3.8, 4) is 0 Å². The Labute approximate surface area is 102 Å². The van der Waals surface area contributed by atoms with Crippen LogP contribution in [0.4, 0.5) is 0 Å². The van der Waals surface area contributed by atoms with E-state index in [0.29, 0.717) is 18.7 Å². The Balaban J connectivity index is 1.82. The van der Waals surface area contributed by atoms with E-state index >= 15 is 0 Å². The van der Waals surface area contributed by atoms with Crippen molar-refractivity contribution in [2.45, 2.75) is 50.8 Å². The number of esters is 1. The molecule has 2 heterocycles. The molecule has 2 aliphatic rings. The summed E-state index contributed by atoms with van der Waals surface area (Å²) < 4.78 is 4.83. The van der Waals surface area contributed by atoms with Crippen molar-refractivity contribution in [3.05, 3.63) is 12.2 Å². The first-order valence-corrected chi connectivity index (χ1v) is 6.47. The maximum Gasteiger partial charge on any atom is 0.330 e. The van der Waals surface area contributed by atoms with Crippen LogP contribution in [-0.2, 0) is 9.53 Å². The molecule has 2 saturated heterocycles. The molecule has 0 aromatic heterocycles. The zero-order valence-corrected chi connectivity index (χ0v) is 10.3. The number of piperidine rings is 1. The van der Waals surface area contributed by atoms with Gasteiger partial charge in [-0.3, -0.25) is 4.90 Å². The highest BCUT2D eigenvalue weighted by Gasteiger charge is 2.39. The highest BCUT2D eigenvalue weighted by molar-refractivity contribution is 5.81. The molecule has 0 amide bonds. The number of ether oxygens (including phenoxy) is 1. The molecule has 0 aromatic carbocycles. The molecule has 2 atom stereocenters. The topological polar surface area (TPSA) is 49.8 Å². The summed E-state index contributed by atoms with van der Waals surface area (Å²) in [5.41, 5.74) is 0. The maximum absolute atomic E-state index is 11.1. The summed E-state index contributed by atoms with van der Waals surface area (Å²) >= 11 is 0. The van der Waals surface area contributed by atoms with Gasteiger partial charge >= 0.3 is 5.97 Å². The van der Waals surface area contributed by atoms with Crippen molar-refractivity contribution < 1.29 is 14.6 Å². The molecule has 4 nitrogen and oxygen atoms in total. The first-order valence-electron chi connectivity index (χ1n) is 6.47. The Kier molecular flexibility index (Phi) is 4.18. The quantitative estimate of drug-likeness (QED) is 0.589. The number of hydrogen-bond acceptors (Lipinski definition) is 4. The summed E-state index contributed by atoms with van der Waals surface area (Å²) in [5.74, 6) is -0.267. The molecule has 2 fully saturated rings. The van der Waals surface area contributed by atoms with Gasteiger partial charge in [-0.1, -0.05) is 6.08 Å². The fourth-order valence-corrected chi connectivity index (χ4v) is 3.00. The third kappa shape index (κ3) is 3.07. The van der Waals surface area contributed by atoms with Crippen molar-refractivity contribution >= 4 is 5.97 Å². The van der Waals surface area contributed by atoms with Gasteiger partial charge in [-0.15, -0.1) is 0 Å². The number of nitrogens with zero attached hydrogens (tertiary/aromatic N) is 1. The second-order valence-corrected chi connectivity index (χ2v) is 4.86. The zero-order chi connectivity index (χ0) is 12.3. The van der Waals surface area contributed by atoms with Crippen LogP contribution in [0.3, 0.4) is 0 Å². The van der Waals surface area contributed by atoms with Gasteiger partial charge in [0, 0.05) is 24.7 Å². The number of hydrogen-bond donors (Lipinski definition) is 1. The van der Waals surface area contributed by atoms with E-state index in [4.69, 9.17) is 4.74 Å². The Morgan fingerprint density at radius 3 is 2.65 bits per heavy atom. The second kappa shape index (κ2) is 5.65. The molecule has 0 saturated carbocycles. The Bertz CT molecular complexity index is 289. The van der Waals surface area contributed by atoms with Crippen LogP contribution in [0.2, 0.25) is 0 Å². The van der Waals surface area contributed by atoms with Crippen LogP contribution in [0.1, 0.15) is 32.6 Å². The van der Waals surface area contributed by atoms with E-state index in [1.165, 1.54) is 18.9 Å². The molecule has 0 radical (unpaired) electrons. The standard InChI is InChI=1S/C13H21NO3/c1-2-17-13(16)4-3-7-14-10-5-6-11(14)9-12(15)8-10/h3-4,10-12,15H,2,5-9H2,1H3/b4-3+. The minimum atomic E-state index is -0.267. The van der Waals surface area contributed by atoms with E-state index in [1.54, 1.807) is 6.92 Å². The van der Waals surface area contributed by atoms with E-state index < -0.39 is 0 Å². The van der Waals surface area contributed by atoms with E-state index in [2.05, 4.69) is 4.90 Å². The largest absolute Gasteiger partial charge is 0.463 e. The summed E-state index contributed by atoms with van der Waals surface area (Å²) in [6.07, 6.45) is 7.37. The predicted octanol–water partition coefficient (Wildman–Crippen LogP) is 1.09. The van der Waals surface area contributed by atoms with Crippen LogP contribution in [0.5, 0.6) is 0 Å². The first-order chi connectivity index (χ1) is 8.20. The van der Waals surface area contributed by atoms with Crippen LogP contribution in [-0.4, -0.2) is 47.3 Å². The fourth-order valence-electron chi connectivity index (χ4n) is 3.00. The zero-order valence-electron chi connectivity index (χ0n) is 10.3. The van der Waals surface area contributed by atoms with Gasteiger partial charge < -0.3 is 9.84 Å². The molecule has 0 spiro atoms. The Hall–Kier alpha value is -0.870. The van der Waals surface area contributed by atoms with Gasteiger partial charge in [0.05, 0.1) is 12.7 Å². The van der Waals surface area contributed by atoms with Crippen LogP contribution in [0, 0.1) is 0 Å². The monoisotopic (exact) mass is 239 g/mol. The summed E-state index contributed by atoms with van der Waals surface area (Å²) in [4.78, 5) is 13.6. The molecule has 0 aromatic rings. The van der Waals surface area contributed by atoms with Crippen molar-refractivity contribution in [3.63, 3.8) is 0 Å². The maximum atomic E-state index is 11.1. The smallest absolute Gasteiger partial charge is 0.330 e. The Morgan fingerprint density at radius 1 is 1.41 bits per heavy atom. The predicted molar refractivity (Wildman–Crippen MR) is 64.5 cm³/mol. The lowest BCUT2D eigenvalue weighted by atomic mass is 10.00. The van der Waals surface area contributed by atoms with Crippen LogP contribution >= 0.6 is 0 Å². The molecular formula is C13H21NO3. The average molecular weight is 239 g/mol. The van der Waals surface area contributed by atoms with Gasteiger partial charge in [0.1, 0.15) is 0 Å². The second-order valence-electron chi connectivity index (χ2n) is 4.86. The normalized spacial score (nSPS) is 33.2. The third-order valence-electron chi connectivity index (χ3n) is 3.72. The van der Waals surface area contributed by atoms with Crippen molar-refractivity contribution in [1.29, 1.82) is 0 Å². The molecule has 2 aliphatic heterocycles. The molecule has 1 N–H and O–H groups in total. The average Bonchev–Trinajstić information content (AvgIpc) is 2.53. The van der Waals surface area contributed by atoms with E-state index in [9.17, 15) is 9.90 Å². The van der Waals surface area contributed by atoms with Crippen LogP contribution in [0.15, 0.2) is 12.2 Å². The summed E-state index contributed by atoms with van der Waals surface area (Å²) in [5, 5.41) is 9.67. The van der Waals surface area contributed by atoms with Gasteiger partial charge in [0.2, 0.25) is 0 Å². The molecule has 2 bridgehead atoms. The highest BCUT2D eigenvalue weighted by atomic mass is 16.5. The highest BCUT2D eigenvalue weighted by Crippen LogP contribution is 2.35. The van der Waals surface area contributed by atoms with Crippen molar-refractivity contribution in [2.75, 3.05) is 13.2 Å². The number of carbonyl (C=O) groups excluding carboxylic acids is 1. The first kappa shape index (κ1) is 12.6. The van der Waals surface area contributed by atoms with E-state index in [1.807, 2.05) is 6.08 Å². The van der Waals surface area contributed by atoms with Crippen LogP contribution in [0.25, 0.3) is 0 Å². The molecule has 4 heteroatoms. The summed E-state index contributed by atoms with van der Waals surface area (Å²) in [6.45, 7) is 3.02. The van der Waals surface area contributed by atoms with E-state index in [0.717, 1.165) is 19.4 Å². The minimum absolute atomic E-state index is 0.127. The van der Waals surface area contributed by atoms with Gasteiger partial charge in [-0.25, -0.2) is 4.79 Å². The van der Waals surface area contributed by atoms with Gasteiger partial charge in [-0.2, -0.15) is 0 Å². The number of fused-ring (bicyclic) bond motifs is 2. The third-order valence-corrected chi connectivity index (χ3v) is 3.72. The molecule has 0 aliphatic carbocycles. The van der Waals surface area contributed by atoms with Gasteiger partial charge in [-0.05, 0) is 32.6 Å². The van der Waals surface area contributed by atoms with Crippen LogP contribution < -0.4 is 0 Å².